The van der Waals surface area contributed by atoms with Crippen LogP contribution in [0.15, 0.2) is 121 Å². The van der Waals surface area contributed by atoms with Crippen LogP contribution in [0.25, 0.3) is 55.6 Å². The zero-order valence-electron chi connectivity index (χ0n) is 23.9. The maximum Gasteiger partial charge on any atom is 0.234 e. The average molecular weight is 579 g/mol. The highest BCUT2D eigenvalue weighted by Gasteiger charge is 2.32. The van der Waals surface area contributed by atoms with Crippen molar-refractivity contribution in [1.82, 2.24) is 0 Å². The molecule has 0 spiro atoms. The number of carbonyl (C=O) groups is 4. The number of Topliss-reactive ketones (excluding diaryl/α,β-unsaturated/α-hetero) is 4. The Morgan fingerprint density at radius 2 is 0.600 bits per heavy atom. The fourth-order valence-corrected chi connectivity index (χ4v) is 7.18. The molecule has 9 rings (SSSR count). The summed E-state index contributed by atoms with van der Waals surface area (Å²) in [4.78, 5) is 51.7. The Bertz CT molecular complexity index is 2210. The summed E-state index contributed by atoms with van der Waals surface area (Å²) in [6.07, 6.45) is 0.748. The van der Waals surface area contributed by atoms with E-state index in [1.807, 2.05) is 60.7 Å². The molecule has 0 saturated heterocycles. The van der Waals surface area contributed by atoms with Crippen molar-refractivity contribution in [3.05, 3.63) is 155 Å². The van der Waals surface area contributed by atoms with Crippen LogP contribution in [-0.4, -0.2) is 23.1 Å². The smallest absolute Gasteiger partial charge is 0.234 e. The van der Waals surface area contributed by atoms with Crippen molar-refractivity contribution in [2.45, 2.75) is 6.42 Å². The number of fused-ring (bicyclic) bond motifs is 9. The molecule has 0 amide bonds. The van der Waals surface area contributed by atoms with E-state index in [1.54, 1.807) is 24.3 Å². The van der Waals surface area contributed by atoms with Crippen LogP contribution >= 0.6 is 0 Å². The van der Waals surface area contributed by atoms with Gasteiger partial charge in [-0.05, 0) is 85.3 Å². The first-order chi connectivity index (χ1) is 22.0. The third-order valence-electron chi connectivity index (χ3n) is 9.41. The largest absolute Gasteiger partial charge is 0.285 e. The molecule has 0 radical (unpaired) electrons. The predicted molar refractivity (Wildman–Crippen MR) is 174 cm³/mol. The summed E-state index contributed by atoms with van der Waals surface area (Å²) >= 11 is 0. The topological polar surface area (TPSA) is 68.3 Å². The van der Waals surface area contributed by atoms with Crippen molar-refractivity contribution >= 4 is 23.1 Å². The zero-order chi connectivity index (χ0) is 30.4. The van der Waals surface area contributed by atoms with Crippen molar-refractivity contribution in [3.63, 3.8) is 0 Å². The SMILES string of the molecule is O=C1C(=O)c2cc(-c3ccc4c(c3)Cc3cc(-c5ccc6c(c5)C(=O)C(=O)c5ccccc5-6)ccc3-4)ccc2-c2ccccc21. The average Bonchev–Trinajstić information content (AvgIpc) is 3.46. The number of hydrogen-bond acceptors (Lipinski definition) is 4. The third-order valence-corrected chi connectivity index (χ3v) is 9.41. The number of hydrogen-bond donors (Lipinski definition) is 0. The molecule has 3 aliphatic rings. The first-order valence-corrected chi connectivity index (χ1v) is 14.9. The Morgan fingerprint density at radius 3 is 1.02 bits per heavy atom. The van der Waals surface area contributed by atoms with Crippen LogP contribution in [0.3, 0.4) is 0 Å². The van der Waals surface area contributed by atoms with Crippen LogP contribution in [0.4, 0.5) is 0 Å². The monoisotopic (exact) mass is 578 g/mol. The Kier molecular flexibility index (Phi) is 5.24. The van der Waals surface area contributed by atoms with Crippen molar-refractivity contribution < 1.29 is 19.2 Å². The summed E-state index contributed by atoms with van der Waals surface area (Å²) < 4.78 is 0. The molecule has 0 saturated carbocycles. The molecule has 210 valence electrons. The Hall–Kier alpha value is -6.00. The van der Waals surface area contributed by atoms with Gasteiger partial charge in [0, 0.05) is 22.3 Å². The van der Waals surface area contributed by atoms with Crippen LogP contribution in [0.5, 0.6) is 0 Å². The standard InChI is InChI=1S/C41H22O4/c42-38-34-7-3-1-5-30(34)32-15-11-24(20-36(32)40(38)44)22-9-13-28-26(17-22)19-27-18-23(10-14-29(27)28)25-12-16-33-31-6-2-4-8-35(31)39(43)41(45)37(33)21-25/h1-18,20-21H,19H2. The molecule has 0 aromatic heterocycles. The number of rotatable bonds is 2. The van der Waals surface area contributed by atoms with E-state index in [0.29, 0.717) is 22.3 Å². The van der Waals surface area contributed by atoms with Gasteiger partial charge in [-0.15, -0.1) is 0 Å². The molecule has 0 atom stereocenters. The Morgan fingerprint density at radius 1 is 0.289 bits per heavy atom. The zero-order valence-corrected chi connectivity index (χ0v) is 23.9. The van der Waals surface area contributed by atoms with Crippen LogP contribution < -0.4 is 0 Å². The number of carbonyl (C=O) groups excluding carboxylic acids is 4. The van der Waals surface area contributed by atoms with Gasteiger partial charge < -0.3 is 0 Å². The van der Waals surface area contributed by atoms with Crippen molar-refractivity contribution in [2.75, 3.05) is 0 Å². The second-order valence-electron chi connectivity index (χ2n) is 11.8. The molecule has 0 heterocycles. The maximum atomic E-state index is 13.0. The van der Waals surface area contributed by atoms with Crippen LogP contribution in [0.2, 0.25) is 0 Å². The lowest BCUT2D eigenvalue weighted by Crippen LogP contribution is -2.21. The normalized spacial score (nSPS) is 13.9. The molecule has 4 heteroatoms. The second kappa shape index (κ2) is 9.25. The number of benzene rings is 6. The molecule has 0 bridgehead atoms. The number of ketones is 4. The first kappa shape index (κ1) is 25.5. The minimum atomic E-state index is -0.468. The molecule has 0 aliphatic heterocycles. The third kappa shape index (κ3) is 3.66. The first-order valence-electron chi connectivity index (χ1n) is 14.9. The van der Waals surface area contributed by atoms with E-state index in [4.69, 9.17) is 0 Å². The molecule has 0 unspecified atom stereocenters. The van der Waals surface area contributed by atoms with Gasteiger partial charge in [-0.3, -0.25) is 19.2 Å². The molecule has 45 heavy (non-hydrogen) atoms. The molecule has 6 aromatic carbocycles. The molecule has 0 N–H and O–H groups in total. The van der Waals surface area contributed by atoms with Gasteiger partial charge in [0.25, 0.3) is 0 Å². The van der Waals surface area contributed by atoms with Gasteiger partial charge in [0.1, 0.15) is 0 Å². The Balaban J connectivity index is 1.05. The van der Waals surface area contributed by atoms with E-state index in [-0.39, 0.29) is 0 Å². The van der Waals surface area contributed by atoms with Gasteiger partial charge in [-0.25, -0.2) is 0 Å². The van der Waals surface area contributed by atoms with Gasteiger partial charge >= 0.3 is 0 Å². The summed E-state index contributed by atoms with van der Waals surface area (Å²) in [7, 11) is 0. The minimum absolute atomic E-state index is 0.443. The predicted octanol–water partition coefficient (Wildman–Crippen LogP) is 8.68. The van der Waals surface area contributed by atoms with Crippen molar-refractivity contribution in [2.24, 2.45) is 0 Å². The van der Waals surface area contributed by atoms with Gasteiger partial charge in [0.05, 0.1) is 0 Å². The molecule has 6 aromatic rings. The fourth-order valence-electron chi connectivity index (χ4n) is 7.18. The summed E-state index contributed by atoms with van der Waals surface area (Å²) in [5.74, 6) is -1.86. The molecule has 0 fully saturated rings. The van der Waals surface area contributed by atoms with Gasteiger partial charge in [-0.1, -0.05) is 109 Å². The molecule has 4 nitrogen and oxygen atoms in total. The molecular weight excluding hydrogens is 556 g/mol. The second-order valence-corrected chi connectivity index (χ2v) is 11.8. The summed E-state index contributed by atoms with van der Waals surface area (Å²) in [6.45, 7) is 0. The Labute approximate surface area is 258 Å². The highest BCUT2D eigenvalue weighted by Crippen LogP contribution is 2.43. The fraction of sp³-hybridized carbons (Fsp3) is 0.0244. The summed E-state index contributed by atoms with van der Waals surface area (Å²) in [5.41, 5.74) is 13.4. The van der Waals surface area contributed by atoms with E-state index in [1.165, 1.54) is 22.3 Å². The molecule has 3 aliphatic carbocycles. The van der Waals surface area contributed by atoms with Gasteiger partial charge in [0.2, 0.25) is 23.1 Å². The van der Waals surface area contributed by atoms with E-state index in [9.17, 15) is 19.2 Å². The van der Waals surface area contributed by atoms with Crippen LogP contribution in [0.1, 0.15) is 52.6 Å². The van der Waals surface area contributed by atoms with Crippen LogP contribution in [-0.2, 0) is 6.42 Å². The molecular formula is C41H22O4. The highest BCUT2D eigenvalue weighted by atomic mass is 16.2. The summed E-state index contributed by atoms with van der Waals surface area (Å²) in [5, 5.41) is 0. The van der Waals surface area contributed by atoms with Crippen molar-refractivity contribution in [3.8, 4) is 55.6 Å². The lowest BCUT2D eigenvalue weighted by molar-refractivity contribution is 0.0815. The van der Waals surface area contributed by atoms with Gasteiger partial charge in [0.15, 0.2) is 0 Å². The lowest BCUT2D eigenvalue weighted by atomic mass is 9.82. The highest BCUT2D eigenvalue weighted by molar-refractivity contribution is 6.53. The van der Waals surface area contributed by atoms with Crippen molar-refractivity contribution in [1.29, 1.82) is 0 Å². The maximum absolute atomic E-state index is 13.0. The van der Waals surface area contributed by atoms with Crippen LogP contribution in [0, 0.1) is 0 Å². The van der Waals surface area contributed by atoms with Gasteiger partial charge in [-0.2, -0.15) is 0 Å². The van der Waals surface area contributed by atoms with E-state index >= 15 is 0 Å². The van der Waals surface area contributed by atoms with E-state index < -0.39 is 23.1 Å². The van der Waals surface area contributed by atoms with E-state index in [2.05, 4.69) is 36.4 Å². The van der Waals surface area contributed by atoms with E-state index in [0.717, 1.165) is 50.9 Å². The summed E-state index contributed by atoms with van der Waals surface area (Å²) in [6, 6.07) is 38.8. The minimum Gasteiger partial charge on any atom is -0.285 e. The quantitative estimate of drug-likeness (QED) is 0.193. The lowest BCUT2D eigenvalue weighted by Gasteiger charge is -2.18.